The summed E-state index contributed by atoms with van der Waals surface area (Å²) >= 11 is 0. The zero-order chi connectivity index (χ0) is 29.5. The van der Waals surface area contributed by atoms with E-state index in [1.54, 1.807) is 19.1 Å². The van der Waals surface area contributed by atoms with Crippen molar-refractivity contribution in [3.05, 3.63) is 72.3 Å². The quantitative estimate of drug-likeness (QED) is 0.130. The molecule has 1 fully saturated rings. The van der Waals surface area contributed by atoms with Gasteiger partial charge in [-0.2, -0.15) is 0 Å². The summed E-state index contributed by atoms with van der Waals surface area (Å²) in [6.45, 7) is 1.67. The van der Waals surface area contributed by atoms with Crippen molar-refractivity contribution in [3.8, 4) is 11.5 Å². The number of aliphatic hydroxyl groups is 2. The van der Waals surface area contributed by atoms with Crippen molar-refractivity contribution in [2.45, 2.75) is 41.3 Å². The Morgan fingerprint density at radius 3 is 2.56 bits per heavy atom. The maximum atomic E-state index is 13.0. The van der Waals surface area contributed by atoms with Crippen LogP contribution in [0.2, 0.25) is 0 Å². The molecule has 3 heterocycles. The number of fused-ring (bicyclic) bond motifs is 1. The smallest absolute Gasteiger partial charge is 0.255 e. The van der Waals surface area contributed by atoms with Crippen molar-refractivity contribution in [3.63, 3.8) is 0 Å². The molecule has 1 aliphatic rings. The number of aliphatic hydroxyl groups excluding tert-OH is 2. The molecule has 4 aromatic rings. The average Bonchev–Trinajstić information content (AvgIpc) is 3.49. The number of aryl methyl sites for hydroxylation is 1. The molecule has 5 rings (SSSR count). The Morgan fingerprint density at radius 1 is 1.10 bits per heavy atom. The van der Waals surface area contributed by atoms with Gasteiger partial charge in [0.2, 0.25) is 9.84 Å². The number of phenols is 2. The third-order valence-electron chi connectivity index (χ3n) is 6.59. The van der Waals surface area contributed by atoms with Crippen molar-refractivity contribution < 1.29 is 38.4 Å². The Morgan fingerprint density at radius 2 is 1.83 bits per heavy atom. The minimum atomic E-state index is -4.09. The number of nitrogens with zero attached hydrogens (tertiary/aromatic N) is 4. The van der Waals surface area contributed by atoms with E-state index < -0.39 is 57.3 Å². The van der Waals surface area contributed by atoms with E-state index in [0.717, 1.165) is 17.7 Å². The van der Waals surface area contributed by atoms with Gasteiger partial charge in [0.1, 0.15) is 30.2 Å². The van der Waals surface area contributed by atoms with E-state index in [1.165, 1.54) is 41.5 Å². The van der Waals surface area contributed by atoms with E-state index in [9.17, 15) is 33.6 Å². The molecule has 0 bridgehead atoms. The molecule has 0 radical (unpaired) electrons. The molecule has 15 heteroatoms. The Kier molecular flexibility index (Phi) is 7.35. The number of imidazole rings is 1. The number of nitrogens with two attached hydrogens (primary N) is 1. The molecule has 214 valence electrons. The first kappa shape index (κ1) is 28.0. The normalized spacial score (nSPS) is 21.0. The number of ether oxygens (including phenoxy) is 1. The predicted molar refractivity (Wildman–Crippen MR) is 144 cm³/mol. The molecule has 1 amide bonds. The first-order valence-corrected chi connectivity index (χ1v) is 13.7. The molecule has 2 aromatic heterocycles. The number of nitrogen functional groups attached to an aromatic ring is 1. The fourth-order valence-corrected chi connectivity index (χ4v) is 5.66. The monoisotopic (exact) mass is 582 g/mol. The van der Waals surface area contributed by atoms with Crippen LogP contribution in [0.1, 0.15) is 22.1 Å². The van der Waals surface area contributed by atoms with Crippen LogP contribution in [0.25, 0.3) is 11.2 Å². The number of anilines is 1. The standard InChI is InChI=1S/C26H26N6O8S/c1-13-4-6-14(7-5-13)41(38,39)15-9-16(20(34)17(33)10-15)25(37)28-8-2-3-18-21(35)22(36)26(40-18)32-12-31-19-23(27)29-11-30-24(19)32/h2-7,9-12,18,21-22,26,33-36H,8H2,1H3,(H,28,37)(H2,27,29,30)/b3-2+/t18-,21-,22-,26-/m1/s1. The van der Waals surface area contributed by atoms with E-state index in [0.29, 0.717) is 11.2 Å². The van der Waals surface area contributed by atoms with E-state index in [-0.39, 0.29) is 22.2 Å². The SMILES string of the molecule is Cc1ccc(S(=O)(=O)c2cc(O)c(O)c(C(=O)NC/C=C/[C@H]3O[C@@H](n4cnc5c(N)ncnc54)[C@H](O)[C@@H]3O)c2)cc1. The molecule has 0 saturated carbocycles. The minimum Gasteiger partial charge on any atom is -0.504 e. The zero-order valence-corrected chi connectivity index (χ0v) is 22.3. The summed E-state index contributed by atoms with van der Waals surface area (Å²) in [4.78, 5) is 24.5. The van der Waals surface area contributed by atoms with Gasteiger partial charge in [-0.25, -0.2) is 23.4 Å². The molecule has 1 aliphatic heterocycles. The second-order valence-electron chi connectivity index (χ2n) is 9.35. The predicted octanol–water partition coefficient (Wildman–Crippen LogP) is 0.566. The lowest BCUT2D eigenvalue weighted by molar-refractivity contribution is -0.0245. The molecular weight excluding hydrogens is 556 g/mol. The largest absolute Gasteiger partial charge is 0.504 e. The number of sulfone groups is 1. The maximum absolute atomic E-state index is 13.0. The van der Waals surface area contributed by atoms with Gasteiger partial charge in [0.25, 0.3) is 5.91 Å². The van der Waals surface area contributed by atoms with Crippen LogP contribution in [-0.2, 0) is 14.6 Å². The summed E-state index contributed by atoms with van der Waals surface area (Å²) in [5, 5.41) is 43.9. The minimum absolute atomic E-state index is 0.0438. The number of carbonyl (C=O) groups excluding carboxylic acids is 1. The average molecular weight is 583 g/mol. The first-order chi connectivity index (χ1) is 19.5. The number of rotatable bonds is 7. The molecule has 7 N–H and O–H groups in total. The summed E-state index contributed by atoms with van der Waals surface area (Å²) in [5.74, 6) is -2.28. The summed E-state index contributed by atoms with van der Waals surface area (Å²) < 4.78 is 33.3. The van der Waals surface area contributed by atoms with E-state index in [1.807, 2.05) is 0 Å². The van der Waals surface area contributed by atoms with E-state index >= 15 is 0 Å². The van der Waals surface area contributed by atoms with Gasteiger partial charge in [0.15, 0.2) is 29.2 Å². The Labute approximate surface area is 233 Å². The third-order valence-corrected chi connectivity index (χ3v) is 8.34. The Bertz CT molecular complexity index is 1760. The second-order valence-corrected chi connectivity index (χ2v) is 11.3. The molecule has 14 nitrogen and oxygen atoms in total. The summed E-state index contributed by atoms with van der Waals surface area (Å²) in [7, 11) is -4.09. The second kappa shape index (κ2) is 10.8. The number of hydrogen-bond donors (Lipinski definition) is 6. The lowest BCUT2D eigenvalue weighted by Gasteiger charge is -2.16. The molecule has 0 spiro atoms. The highest BCUT2D eigenvalue weighted by molar-refractivity contribution is 7.91. The molecule has 1 saturated heterocycles. The van der Waals surface area contributed by atoms with Gasteiger partial charge < -0.3 is 36.2 Å². The van der Waals surface area contributed by atoms with Crippen molar-refractivity contribution in [1.29, 1.82) is 0 Å². The zero-order valence-electron chi connectivity index (χ0n) is 21.5. The van der Waals surface area contributed by atoms with Crippen LogP contribution in [0.3, 0.4) is 0 Å². The third kappa shape index (κ3) is 5.18. The highest BCUT2D eigenvalue weighted by atomic mass is 32.2. The topological polar surface area (TPSA) is 223 Å². The van der Waals surface area contributed by atoms with Crippen LogP contribution < -0.4 is 11.1 Å². The van der Waals surface area contributed by atoms with Crippen molar-refractivity contribution in [2.75, 3.05) is 12.3 Å². The van der Waals surface area contributed by atoms with Crippen LogP contribution in [0.5, 0.6) is 11.5 Å². The van der Waals surface area contributed by atoms with Crippen LogP contribution in [0.4, 0.5) is 5.82 Å². The van der Waals surface area contributed by atoms with Gasteiger partial charge in [-0.05, 0) is 25.1 Å². The highest BCUT2D eigenvalue weighted by Crippen LogP contribution is 2.35. The fourth-order valence-electron chi connectivity index (χ4n) is 4.35. The molecule has 2 aromatic carbocycles. The number of hydrogen-bond acceptors (Lipinski definition) is 12. The number of aromatic hydroxyl groups is 2. The lowest BCUT2D eigenvalue weighted by Crippen LogP contribution is -2.31. The van der Waals surface area contributed by atoms with E-state index in [4.69, 9.17) is 10.5 Å². The van der Waals surface area contributed by atoms with Gasteiger partial charge in [-0.15, -0.1) is 0 Å². The van der Waals surface area contributed by atoms with E-state index in [2.05, 4.69) is 20.3 Å². The highest BCUT2D eigenvalue weighted by Gasteiger charge is 2.43. The van der Waals surface area contributed by atoms with Gasteiger partial charge in [-0.1, -0.05) is 29.8 Å². The molecule has 41 heavy (non-hydrogen) atoms. The number of aromatic nitrogens is 4. The first-order valence-electron chi connectivity index (χ1n) is 12.3. The molecular formula is C26H26N6O8S. The number of amides is 1. The summed E-state index contributed by atoms with van der Waals surface area (Å²) in [6.07, 6.45) is 0.787. The number of carbonyl (C=O) groups is 1. The molecule has 0 unspecified atom stereocenters. The Hall–Kier alpha value is -4.57. The van der Waals surface area contributed by atoms with Crippen LogP contribution in [0, 0.1) is 6.92 Å². The van der Waals surface area contributed by atoms with Crippen LogP contribution >= 0.6 is 0 Å². The van der Waals surface area contributed by atoms with Crippen molar-refractivity contribution >= 4 is 32.7 Å². The number of phenolic OH excluding ortho intramolecular Hbond substituents is 2. The van der Waals surface area contributed by atoms with Crippen LogP contribution in [-0.4, -0.2) is 79.1 Å². The number of benzene rings is 2. The summed E-state index contributed by atoms with van der Waals surface area (Å²) in [5.41, 5.74) is 6.81. The van der Waals surface area contributed by atoms with Gasteiger partial charge >= 0.3 is 0 Å². The maximum Gasteiger partial charge on any atom is 0.255 e. The van der Waals surface area contributed by atoms with Gasteiger partial charge in [-0.3, -0.25) is 9.36 Å². The van der Waals surface area contributed by atoms with Gasteiger partial charge in [0, 0.05) is 12.6 Å². The van der Waals surface area contributed by atoms with Gasteiger partial charge in [0.05, 0.1) is 21.7 Å². The number of nitrogens with one attached hydrogen (secondary N) is 1. The summed E-state index contributed by atoms with van der Waals surface area (Å²) in [6, 6.07) is 7.87. The molecule has 0 aliphatic carbocycles. The van der Waals surface area contributed by atoms with Crippen molar-refractivity contribution in [2.24, 2.45) is 0 Å². The molecule has 4 atom stereocenters. The fraction of sp³-hybridized carbons (Fsp3) is 0.231. The van der Waals surface area contributed by atoms with Crippen molar-refractivity contribution in [1.82, 2.24) is 24.8 Å². The van der Waals surface area contributed by atoms with Crippen LogP contribution in [0.15, 0.2) is 71.0 Å². The lowest BCUT2D eigenvalue weighted by atomic mass is 10.1. The Balaban J connectivity index is 1.27.